The number of esters is 1. The van der Waals surface area contributed by atoms with Gasteiger partial charge in [-0.2, -0.15) is 0 Å². The van der Waals surface area contributed by atoms with Gasteiger partial charge in [-0.05, 0) is 49.1 Å². The summed E-state index contributed by atoms with van der Waals surface area (Å²) < 4.78 is 27.8. The number of aryl methyl sites for hydroxylation is 1. The first-order valence-electron chi connectivity index (χ1n) is 7.45. The van der Waals surface area contributed by atoms with Crippen LogP contribution in [-0.2, 0) is 19.6 Å². The molecule has 0 saturated heterocycles. The van der Waals surface area contributed by atoms with Crippen LogP contribution in [0.3, 0.4) is 0 Å². The van der Waals surface area contributed by atoms with Crippen molar-refractivity contribution >= 4 is 39.3 Å². The Balaban J connectivity index is 2.03. The molecule has 9 heteroatoms. The van der Waals surface area contributed by atoms with Crippen LogP contribution in [0.15, 0.2) is 52.3 Å². The van der Waals surface area contributed by atoms with E-state index in [0.717, 1.165) is 11.0 Å². The molecule has 2 rings (SSSR count). The third kappa shape index (κ3) is 5.32. The molecule has 0 aliphatic rings. The first kappa shape index (κ1) is 20.0. The molecule has 2 aromatic rings. The van der Waals surface area contributed by atoms with Gasteiger partial charge in [0, 0.05) is 10.6 Å². The number of primary sulfonamides is 1. The van der Waals surface area contributed by atoms with Crippen LogP contribution in [0.4, 0.5) is 5.69 Å². The number of sulfonamides is 1. The zero-order valence-corrected chi connectivity index (χ0v) is 15.8. The van der Waals surface area contributed by atoms with Crippen LogP contribution in [0.2, 0.25) is 0 Å². The fourth-order valence-corrected chi connectivity index (χ4v) is 3.10. The third-order valence-electron chi connectivity index (χ3n) is 3.45. The van der Waals surface area contributed by atoms with E-state index in [1.54, 1.807) is 25.1 Å². The van der Waals surface area contributed by atoms with Crippen LogP contribution < -0.4 is 10.5 Å². The van der Waals surface area contributed by atoms with Gasteiger partial charge in [-0.15, -0.1) is 11.8 Å². The maximum Gasteiger partial charge on any atom is 0.338 e. The number of hydrogen-bond donors (Lipinski definition) is 2. The summed E-state index contributed by atoms with van der Waals surface area (Å²) in [5.74, 6) is -1.31. The zero-order valence-electron chi connectivity index (χ0n) is 14.2. The Labute approximate surface area is 156 Å². The molecule has 3 N–H and O–H groups in total. The molecule has 0 aromatic heterocycles. The fraction of sp³-hybridized carbons (Fsp3) is 0.176. The minimum absolute atomic E-state index is 0.0358. The number of ether oxygens (including phenoxy) is 1. The number of anilines is 1. The van der Waals surface area contributed by atoms with Gasteiger partial charge in [0.05, 0.1) is 10.5 Å². The van der Waals surface area contributed by atoms with E-state index in [-0.39, 0.29) is 10.5 Å². The van der Waals surface area contributed by atoms with Gasteiger partial charge in [-0.3, -0.25) is 4.79 Å². The smallest absolute Gasteiger partial charge is 0.338 e. The average Bonchev–Trinajstić information content (AvgIpc) is 2.59. The SMILES string of the molecule is CSc1cccc(NC(=O)COC(=O)c2cc(S(N)(=O)=O)ccc2C)c1. The number of hydrogen-bond acceptors (Lipinski definition) is 6. The van der Waals surface area contributed by atoms with Crippen molar-refractivity contribution in [2.45, 2.75) is 16.7 Å². The first-order chi connectivity index (χ1) is 12.2. The Morgan fingerprint density at radius 3 is 2.58 bits per heavy atom. The standard InChI is InChI=1S/C17H18N2O5S2/c1-11-6-7-14(26(18,22)23)9-15(11)17(21)24-10-16(20)19-12-4-3-5-13(8-12)25-2/h3-9H,10H2,1-2H3,(H,19,20)(H2,18,22,23). The normalized spacial score (nSPS) is 11.0. The number of benzene rings is 2. The molecule has 0 bridgehead atoms. The maximum atomic E-state index is 12.2. The topological polar surface area (TPSA) is 116 Å². The summed E-state index contributed by atoms with van der Waals surface area (Å²) in [6, 6.07) is 11.1. The molecule has 26 heavy (non-hydrogen) atoms. The van der Waals surface area contributed by atoms with E-state index in [2.05, 4.69) is 5.32 Å². The summed E-state index contributed by atoms with van der Waals surface area (Å²) in [6.07, 6.45) is 1.92. The highest BCUT2D eigenvalue weighted by molar-refractivity contribution is 7.98. The van der Waals surface area contributed by atoms with E-state index < -0.39 is 28.5 Å². The predicted octanol–water partition coefficient (Wildman–Crippen LogP) is 2.16. The number of nitrogens with two attached hydrogens (primary N) is 1. The molecule has 0 aliphatic heterocycles. The molecule has 1 amide bonds. The third-order valence-corrected chi connectivity index (χ3v) is 5.08. The molecular formula is C17H18N2O5S2. The molecule has 0 saturated carbocycles. The van der Waals surface area contributed by atoms with Gasteiger partial charge < -0.3 is 10.1 Å². The van der Waals surface area contributed by atoms with E-state index in [0.29, 0.717) is 11.3 Å². The highest BCUT2D eigenvalue weighted by Crippen LogP contribution is 2.19. The van der Waals surface area contributed by atoms with E-state index in [1.165, 1.54) is 23.9 Å². The highest BCUT2D eigenvalue weighted by atomic mass is 32.2. The Hall–Kier alpha value is -2.36. The van der Waals surface area contributed by atoms with Crippen LogP contribution in [-0.4, -0.2) is 33.2 Å². The number of amides is 1. The van der Waals surface area contributed by atoms with Crippen LogP contribution in [0.5, 0.6) is 0 Å². The van der Waals surface area contributed by atoms with Crippen molar-refractivity contribution in [3.8, 4) is 0 Å². The Bertz CT molecular complexity index is 942. The number of rotatable bonds is 6. The van der Waals surface area contributed by atoms with E-state index in [4.69, 9.17) is 9.88 Å². The second kappa shape index (κ2) is 8.35. The van der Waals surface area contributed by atoms with Crippen molar-refractivity contribution in [1.82, 2.24) is 0 Å². The lowest BCUT2D eigenvalue weighted by Crippen LogP contribution is -2.21. The molecule has 2 aromatic carbocycles. The van der Waals surface area contributed by atoms with Crippen LogP contribution in [0.25, 0.3) is 0 Å². The van der Waals surface area contributed by atoms with Gasteiger partial charge in [0.2, 0.25) is 10.0 Å². The summed E-state index contributed by atoms with van der Waals surface area (Å²) in [6.45, 7) is 1.12. The quantitative estimate of drug-likeness (QED) is 0.573. The lowest BCUT2D eigenvalue weighted by Gasteiger charge is -2.09. The number of nitrogens with one attached hydrogen (secondary N) is 1. The van der Waals surface area contributed by atoms with Crippen LogP contribution in [0.1, 0.15) is 15.9 Å². The highest BCUT2D eigenvalue weighted by Gasteiger charge is 2.17. The molecule has 0 atom stereocenters. The predicted molar refractivity (Wildman–Crippen MR) is 99.7 cm³/mol. The second-order valence-electron chi connectivity index (χ2n) is 5.38. The second-order valence-corrected chi connectivity index (χ2v) is 7.82. The summed E-state index contributed by atoms with van der Waals surface area (Å²) in [5.41, 5.74) is 1.13. The molecule has 0 fully saturated rings. The van der Waals surface area contributed by atoms with Gasteiger partial charge in [-0.1, -0.05) is 12.1 Å². The first-order valence-corrected chi connectivity index (χ1v) is 10.2. The van der Waals surface area contributed by atoms with Crippen LogP contribution in [0, 0.1) is 6.92 Å². The van der Waals surface area contributed by atoms with Crippen molar-refractivity contribution in [2.24, 2.45) is 5.14 Å². The monoisotopic (exact) mass is 394 g/mol. The Kier molecular flexibility index (Phi) is 6.41. The number of carbonyl (C=O) groups excluding carboxylic acids is 2. The minimum atomic E-state index is -3.94. The maximum absolute atomic E-state index is 12.2. The minimum Gasteiger partial charge on any atom is -0.452 e. The van der Waals surface area contributed by atoms with Gasteiger partial charge in [0.1, 0.15) is 0 Å². The fourth-order valence-electron chi connectivity index (χ4n) is 2.10. The zero-order chi connectivity index (χ0) is 19.3. The van der Waals surface area contributed by atoms with Gasteiger partial charge in [0.15, 0.2) is 6.61 Å². The van der Waals surface area contributed by atoms with E-state index in [9.17, 15) is 18.0 Å². The largest absolute Gasteiger partial charge is 0.452 e. The number of carbonyl (C=O) groups is 2. The summed E-state index contributed by atoms with van der Waals surface area (Å²) >= 11 is 1.53. The van der Waals surface area contributed by atoms with Gasteiger partial charge in [0.25, 0.3) is 5.91 Å². The average molecular weight is 394 g/mol. The summed E-state index contributed by atoms with van der Waals surface area (Å²) in [5, 5.41) is 7.69. The lowest BCUT2D eigenvalue weighted by atomic mass is 10.1. The summed E-state index contributed by atoms with van der Waals surface area (Å²) in [7, 11) is -3.94. The van der Waals surface area contributed by atoms with Crippen molar-refractivity contribution in [3.63, 3.8) is 0 Å². The lowest BCUT2D eigenvalue weighted by molar-refractivity contribution is -0.119. The molecule has 138 valence electrons. The Morgan fingerprint density at radius 1 is 1.19 bits per heavy atom. The molecule has 7 nitrogen and oxygen atoms in total. The molecule has 0 unspecified atom stereocenters. The molecule has 0 heterocycles. The summed E-state index contributed by atoms with van der Waals surface area (Å²) in [4.78, 5) is 24.9. The van der Waals surface area contributed by atoms with E-state index >= 15 is 0 Å². The van der Waals surface area contributed by atoms with Crippen molar-refractivity contribution in [3.05, 3.63) is 53.6 Å². The Morgan fingerprint density at radius 2 is 1.92 bits per heavy atom. The molecule has 0 aliphatic carbocycles. The molecular weight excluding hydrogens is 376 g/mol. The van der Waals surface area contributed by atoms with E-state index in [1.807, 2.05) is 12.3 Å². The van der Waals surface area contributed by atoms with Gasteiger partial charge >= 0.3 is 5.97 Å². The number of thioether (sulfide) groups is 1. The van der Waals surface area contributed by atoms with Crippen molar-refractivity contribution < 1.29 is 22.7 Å². The van der Waals surface area contributed by atoms with Crippen LogP contribution >= 0.6 is 11.8 Å². The van der Waals surface area contributed by atoms with Crippen molar-refractivity contribution in [2.75, 3.05) is 18.2 Å². The van der Waals surface area contributed by atoms with Gasteiger partial charge in [-0.25, -0.2) is 18.4 Å². The molecule has 0 radical (unpaired) electrons. The molecule has 0 spiro atoms. The van der Waals surface area contributed by atoms with Crippen molar-refractivity contribution in [1.29, 1.82) is 0 Å².